The van der Waals surface area contributed by atoms with Gasteiger partial charge in [0, 0.05) is 18.8 Å². The van der Waals surface area contributed by atoms with Crippen LogP contribution in [0.1, 0.15) is 18.4 Å². The maximum absolute atomic E-state index is 12.6. The number of anilines is 3. The number of alkyl halides is 3. The monoisotopic (exact) mass is 347 g/mol. The van der Waals surface area contributed by atoms with Crippen molar-refractivity contribution < 1.29 is 13.2 Å². The van der Waals surface area contributed by atoms with Gasteiger partial charge in [0.25, 0.3) is 0 Å². The highest BCUT2D eigenvalue weighted by molar-refractivity contribution is 5.58. The van der Waals surface area contributed by atoms with Gasteiger partial charge in [-0.2, -0.15) is 22.7 Å². The van der Waals surface area contributed by atoms with E-state index in [1.54, 1.807) is 4.52 Å². The molecule has 2 aromatic heterocycles. The van der Waals surface area contributed by atoms with Crippen LogP contribution in [0.15, 0.2) is 42.5 Å². The lowest BCUT2D eigenvalue weighted by Crippen LogP contribution is -2.20. The van der Waals surface area contributed by atoms with Gasteiger partial charge >= 0.3 is 6.18 Å². The van der Waals surface area contributed by atoms with E-state index >= 15 is 0 Å². The lowest BCUT2D eigenvalue weighted by molar-refractivity contribution is -0.137. The summed E-state index contributed by atoms with van der Waals surface area (Å²) in [6, 6.07) is 10.6. The van der Waals surface area contributed by atoms with Crippen molar-refractivity contribution in [1.29, 1.82) is 0 Å². The van der Waals surface area contributed by atoms with E-state index in [-0.39, 0.29) is 0 Å². The summed E-state index contributed by atoms with van der Waals surface area (Å²) in [5.74, 6) is 1.33. The molecule has 0 atom stereocenters. The Bertz CT molecular complexity index is 879. The molecule has 0 saturated carbocycles. The van der Waals surface area contributed by atoms with E-state index in [1.807, 2.05) is 18.2 Å². The first-order valence-corrected chi connectivity index (χ1v) is 8.06. The third-order valence-electron chi connectivity index (χ3n) is 4.24. The fourth-order valence-corrected chi connectivity index (χ4v) is 3.00. The molecule has 1 aliphatic heterocycles. The zero-order valence-corrected chi connectivity index (χ0v) is 13.3. The van der Waals surface area contributed by atoms with Crippen LogP contribution in [0.3, 0.4) is 0 Å². The smallest absolute Gasteiger partial charge is 0.356 e. The third kappa shape index (κ3) is 3.11. The molecule has 0 bridgehead atoms. The number of rotatable bonds is 3. The van der Waals surface area contributed by atoms with Gasteiger partial charge in [0.1, 0.15) is 5.82 Å². The maximum Gasteiger partial charge on any atom is 0.416 e. The van der Waals surface area contributed by atoms with Crippen molar-refractivity contribution in [3.05, 3.63) is 48.0 Å². The Balaban J connectivity index is 1.61. The Kier molecular flexibility index (Phi) is 3.74. The van der Waals surface area contributed by atoms with E-state index in [0.717, 1.165) is 43.9 Å². The van der Waals surface area contributed by atoms with Crippen molar-refractivity contribution >= 4 is 23.1 Å². The Morgan fingerprint density at radius 3 is 2.36 bits per heavy atom. The van der Waals surface area contributed by atoms with Crippen LogP contribution in [0, 0.1) is 0 Å². The SMILES string of the molecule is FC(F)(F)c1ccc(Nc2nc3cccc(N4CCCC4)n3n2)cc1. The first-order chi connectivity index (χ1) is 12.0. The molecule has 130 valence electrons. The molecule has 0 radical (unpaired) electrons. The highest BCUT2D eigenvalue weighted by Crippen LogP contribution is 2.30. The molecule has 4 rings (SSSR count). The van der Waals surface area contributed by atoms with Gasteiger partial charge in [0.2, 0.25) is 5.95 Å². The van der Waals surface area contributed by atoms with E-state index in [2.05, 4.69) is 20.3 Å². The summed E-state index contributed by atoms with van der Waals surface area (Å²) in [4.78, 5) is 6.66. The highest BCUT2D eigenvalue weighted by Gasteiger charge is 2.30. The number of pyridine rings is 1. The maximum atomic E-state index is 12.6. The number of hydrogen-bond acceptors (Lipinski definition) is 4. The molecular weight excluding hydrogens is 331 g/mol. The second-order valence-corrected chi connectivity index (χ2v) is 5.98. The van der Waals surface area contributed by atoms with Crippen LogP contribution in [0.5, 0.6) is 0 Å². The van der Waals surface area contributed by atoms with Crippen LogP contribution in [0.25, 0.3) is 5.65 Å². The average Bonchev–Trinajstić information content (AvgIpc) is 3.23. The molecule has 3 aromatic rings. The number of hydrogen-bond donors (Lipinski definition) is 1. The number of halogens is 3. The lowest BCUT2D eigenvalue weighted by atomic mass is 10.2. The average molecular weight is 347 g/mol. The van der Waals surface area contributed by atoms with Gasteiger partial charge < -0.3 is 10.2 Å². The van der Waals surface area contributed by atoms with Gasteiger partial charge in [0.05, 0.1) is 5.56 Å². The van der Waals surface area contributed by atoms with E-state index < -0.39 is 11.7 Å². The molecule has 0 spiro atoms. The molecule has 3 heterocycles. The predicted octanol–water partition coefficient (Wildman–Crippen LogP) is 4.09. The molecule has 1 saturated heterocycles. The summed E-state index contributed by atoms with van der Waals surface area (Å²) in [7, 11) is 0. The van der Waals surface area contributed by atoms with Crippen LogP contribution in [0.2, 0.25) is 0 Å². The van der Waals surface area contributed by atoms with Crippen molar-refractivity contribution in [3.8, 4) is 0 Å². The quantitative estimate of drug-likeness (QED) is 0.775. The van der Waals surface area contributed by atoms with Crippen LogP contribution < -0.4 is 10.2 Å². The van der Waals surface area contributed by atoms with E-state index in [0.29, 0.717) is 17.3 Å². The summed E-state index contributed by atoms with van der Waals surface area (Å²) >= 11 is 0. The van der Waals surface area contributed by atoms with Crippen molar-refractivity contribution in [2.75, 3.05) is 23.3 Å². The Morgan fingerprint density at radius 2 is 1.68 bits per heavy atom. The highest BCUT2D eigenvalue weighted by atomic mass is 19.4. The van der Waals surface area contributed by atoms with Crippen molar-refractivity contribution in [2.24, 2.45) is 0 Å². The molecule has 1 N–H and O–H groups in total. The van der Waals surface area contributed by atoms with Crippen molar-refractivity contribution in [1.82, 2.24) is 14.6 Å². The van der Waals surface area contributed by atoms with E-state index in [9.17, 15) is 13.2 Å². The fourth-order valence-electron chi connectivity index (χ4n) is 3.00. The molecule has 25 heavy (non-hydrogen) atoms. The van der Waals surface area contributed by atoms with Gasteiger partial charge in [-0.3, -0.25) is 0 Å². The summed E-state index contributed by atoms with van der Waals surface area (Å²) in [6.45, 7) is 1.97. The summed E-state index contributed by atoms with van der Waals surface area (Å²) in [5.41, 5.74) is 0.516. The molecule has 0 unspecified atom stereocenters. The molecule has 5 nitrogen and oxygen atoms in total. The minimum Gasteiger partial charge on any atom is -0.356 e. The number of benzene rings is 1. The molecule has 8 heteroatoms. The summed E-state index contributed by atoms with van der Waals surface area (Å²) in [5, 5.41) is 7.42. The van der Waals surface area contributed by atoms with Crippen LogP contribution in [-0.2, 0) is 6.18 Å². The number of nitrogens with one attached hydrogen (secondary N) is 1. The first-order valence-electron chi connectivity index (χ1n) is 8.06. The van der Waals surface area contributed by atoms with Gasteiger partial charge in [-0.1, -0.05) is 6.07 Å². The Hall–Kier alpha value is -2.77. The van der Waals surface area contributed by atoms with Crippen LogP contribution >= 0.6 is 0 Å². The second kappa shape index (κ2) is 5.94. The normalized spacial score (nSPS) is 15.1. The lowest BCUT2D eigenvalue weighted by Gasteiger charge is -2.17. The Morgan fingerprint density at radius 1 is 0.960 bits per heavy atom. The first kappa shape index (κ1) is 15.7. The summed E-state index contributed by atoms with van der Waals surface area (Å²) < 4.78 is 39.6. The largest absolute Gasteiger partial charge is 0.416 e. The fraction of sp³-hybridized carbons (Fsp3) is 0.294. The van der Waals surface area contributed by atoms with Gasteiger partial charge in [0.15, 0.2) is 5.65 Å². The van der Waals surface area contributed by atoms with Crippen molar-refractivity contribution in [2.45, 2.75) is 19.0 Å². The molecular formula is C17H16F3N5. The number of aromatic nitrogens is 3. The topological polar surface area (TPSA) is 45.5 Å². The van der Waals surface area contributed by atoms with Gasteiger partial charge in [-0.25, -0.2) is 0 Å². The standard InChI is InChI=1S/C17H16F3N5/c18-17(19,20)12-6-8-13(9-7-12)21-16-22-14-4-3-5-15(25(14)23-16)24-10-1-2-11-24/h3-9H,1-2,10-11H2,(H,21,23). The number of nitrogens with zero attached hydrogens (tertiary/aromatic N) is 4. The zero-order chi connectivity index (χ0) is 17.4. The van der Waals surface area contributed by atoms with E-state index in [4.69, 9.17) is 0 Å². The number of fused-ring (bicyclic) bond motifs is 1. The predicted molar refractivity (Wildman–Crippen MR) is 89.2 cm³/mol. The molecule has 1 fully saturated rings. The van der Waals surface area contributed by atoms with Gasteiger partial charge in [-0.05, 0) is 49.2 Å². The molecule has 0 aliphatic carbocycles. The van der Waals surface area contributed by atoms with Crippen molar-refractivity contribution in [3.63, 3.8) is 0 Å². The second-order valence-electron chi connectivity index (χ2n) is 5.98. The zero-order valence-electron chi connectivity index (χ0n) is 13.3. The Labute approximate surface area is 142 Å². The molecule has 1 aliphatic rings. The van der Waals surface area contributed by atoms with E-state index in [1.165, 1.54) is 12.1 Å². The third-order valence-corrected chi connectivity index (χ3v) is 4.24. The van der Waals surface area contributed by atoms with Crippen LogP contribution in [-0.4, -0.2) is 27.7 Å². The minimum atomic E-state index is -4.34. The van der Waals surface area contributed by atoms with Gasteiger partial charge in [-0.15, -0.1) is 5.10 Å². The minimum absolute atomic E-state index is 0.353. The molecule has 1 aromatic carbocycles. The molecule has 0 amide bonds. The van der Waals surface area contributed by atoms with Crippen LogP contribution in [0.4, 0.5) is 30.6 Å². The summed E-state index contributed by atoms with van der Waals surface area (Å²) in [6.07, 6.45) is -2.03.